The Hall–Kier alpha value is -1.94. The topological polar surface area (TPSA) is 94.7 Å². The number of carbonyl (C=O) groups excluding carboxylic acids is 2. The quantitative estimate of drug-likeness (QED) is 0.510. The molecule has 168 valence electrons. The first kappa shape index (κ1) is 20.9. The summed E-state index contributed by atoms with van der Waals surface area (Å²) >= 11 is 5.64. The van der Waals surface area contributed by atoms with E-state index in [1.807, 2.05) is 0 Å². The number of fused-ring (bicyclic) bond motifs is 1. The minimum Gasteiger partial charge on any atom is -0.484 e. The maximum atomic E-state index is 13.5. The van der Waals surface area contributed by atoms with Gasteiger partial charge in [-0.25, -0.2) is 9.40 Å². The van der Waals surface area contributed by atoms with Gasteiger partial charge in [0, 0.05) is 36.8 Å². The van der Waals surface area contributed by atoms with Crippen LogP contribution in [0, 0.1) is 17.7 Å². The highest BCUT2D eigenvalue weighted by Gasteiger charge is 2.69. The molecule has 0 spiro atoms. The van der Waals surface area contributed by atoms with Crippen molar-refractivity contribution in [2.75, 3.05) is 26.2 Å². The van der Waals surface area contributed by atoms with Gasteiger partial charge in [0.05, 0.1) is 17.1 Å². The van der Waals surface area contributed by atoms with Crippen LogP contribution in [0.1, 0.15) is 26.2 Å². The van der Waals surface area contributed by atoms with Crippen LogP contribution in [-0.4, -0.2) is 60.3 Å². The molecule has 3 atom stereocenters. The molecule has 3 unspecified atom stereocenters. The summed E-state index contributed by atoms with van der Waals surface area (Å²) in [7, 11) is 0. The van der Waals surface area contributed by atoms with E-state index in [0.29, 0.717) is 12.5 Å². The van der Waals surface area contributed by atoms with E-state index in [0.717, 1.165) is 38.4 Å². The first-order valence-corrected chi connectivity index (χ1v) is 11.1. The van der Waals surface area contributed by atoms with Gasteiger partial charge in [0.15, 0.2) is 6.61 Å². The van der Waals surface area contributed by atoms with Gasteiger partial charge >= 0.3 is 0 Å². The largest absolute Gasteiger partial charge is 0.484 e. The predicted octanol–water partition coefficient (Wildman–Crippen LogP) is 0.767. The number of halogens is 2. The van der Waals surface area contributed by atoms with Crippen LogP contribution in [0.15, 0.2) is 18.2 Å². The number of rotatable bonds is 6. The van der Waals surface area contributed by atoms with E-state index in [-0.39, 0.29) is 52.4 Å². The fraction of sp³-hybridized carbons (Fsp3) is 0.619. The monoisotopic (exact) mass is 451 g/mol. The Labute approximate surface area is 185 Å². The molecule has 5 aliphatic rings. The van der Waals surface area contributed by atoms with Crippen molar-refractivity contribution in [3.05, 3.63) is 29.0 Å². The fourth-order valence-electron chi connectivity index (χ4n) is 5.49. The lowest BCUT2D eigenvalue weighted by molar-refractivity contribution is -0.152. The van der Waals surface area contributed by atoms with Crippen molar-refractivity contribution in [3.8, 4) is 5.75 Å². The third kappa shape index (κ3) is 3.88. The number of nitrogens with one attached hydrogen (secondary N) is 4. The van der Waals surface area contributed by atoms with Crippen LogP contribution in [0.2, 0.25) is 5.02 Å². The minimum absolute atomic E-state index is 0.00735. The molecule has 10 heteroatoms. The zero-order valence-corrected chi connectivity index (χ0v) is 18.1. The van der Waals surface area contributed by atoms with Crippen LogP contribution in [-0.2, 0) is 9.59 Å². The Morgan fingerprint density at radius 1 is 1.26 bits per heavy atom. The molecule has 2 bridgehead atoms. The predicted molar refractivity (Wildman–Crippen MR) is 112 cm³/mol. The van der Waals surface area contributed by atoms with Gasteiger partial charge in [0.1, 0.15) is 11.6 Å². The summed E-state index contributed by atoms with van der Waals surface area (Å²) in [5.74, 6) is -0.103. The second-order valence-electron chi connectivity index (χ2n) is 9.57. The van der Waals surface area contributed by atoms with E-state index >= 15 is 0 Å². The molecule has 2 aliphatic heterocycles. The highest BCUT2D eigenvalue weighted by molar-refractivity contribution is 6.30. The summed E-state index contributed by atoms with van der Waals surface area (Å²) in [6.07, 6.45) is 2.22. The average molecular weight is 452 g/mol. The number of carbonyl (C=O) groups is 2. The molecule has 3 saturated carbocycles. The molecule has 1 aromatic carbocycles. The number of hydrogen-bond acceptors (Lipinski definition) is 6. The van der Waals surface area contributed by atoms with Crippen LogP contribution in [0.5, 0.6) is 5.75 Å². The van der Waals surface area contributed by atoms with Crippen molar-refractivity contribution in [2.45, 2.75) is 43.4 Å². The summed E-state index contributed by atoms with van der Waals surface area (Å²) in [5.41, 5.74) is 2.86. The second-order valence-corrected chi connectivity index (χ2v) is 9.98. The second kappa shape index (κ2) is 7.58. The molecular weight excluding hydrogens is 425 g/mol. The number of nitrogens with zero attached hydrogens (tertiary/aromatic N) is 1. The molecule has 31 heavy (non-hydrogen) atoms. The van der Waals surface area contributed by atoms with Gasteiger partial charge in [-0.2, -0.15) is 0 Å². The zero-order valence-electron chi connectivity index (χ0n) is 17.3. The number of ether oxygens (including phenoxy) is 1. The lowest BCUT2D eigenvalue weighted by atomic mass is 9.44. The Morgan fingerprint density at radius 2 is 2.00 bits per heavy atom. The minimum atomic E-state index is -0.588. The lowest BCUT2D eigenvalue weighted by Crippen LogP contribution is -2.84. The van der Waals surface area contributed by atoms with Crippen LogP contribution in [0.3, 0.4) is 0 Å². The number of hydrogen-bond donors (Lipinski definition) is 4. The average Bonchev–Trinajstić information content (AvgIpc) is 3.09. The van der Waals surface area contributed by atoms with E-state index in [1.165, 1.54) is 12.1 Å². The first-order valence-electron chi connectivity index (χ1n) is 10.7. The summed E-state index contributed by atoms with van der Waals surface area (Å²) in [6, 6.07) is 4.06. The summed E-state index contributed by atoms with van der Waals surface area (Å²) < 4.78 is 18.8. The molecule has 8 nitrogen and oxygen atoms in total. The molecule has 2 heterocycles. The lowest BCUT2D eigenvalue weighted by Gasteiger charge is -2.70. The van der Waals surface area contributed by atoms with Gasteiger partial charge in [0.2, 0.25) is 5.91 Å². The summed E-state index contributed by atoms with van der Waals surface area (Å²) in [5, 5.41) is 11.8. The zero-order chi connectivity index (χ0) is 21.8. The van der Waals surface area contributed by atoms with E-state index in [2.05, 4.69) is 33.3 Å². The molecule has 1 aromatic rings. The van der Waals surface area contributed by atoms with E-state index < -0.39 is 5.82 Å². The number of hydrazine groups is 1. The van der Waals surface area contributed by atoms with Crippen molar-refractivity contribution in [1.29, 1.82) is 0 Å². The molecule has 2 saturated heterocycles. The fourth-order valence-corrected chi connectivity index (χ4v) is 5.60. The molecule has 5 fully saturated rings. The Balaban J connectivity index is 1.07. The van der Waals surface area contributed by atoms with Gasteiger partial charge in [-0.05, 0) is 37.3 Å². The smallest absolute Gasteiger partial charge is 0.258 e. The van der Waals surface area contributed by atoms with Crippen molar-refractivity contribution in [1.82, 2.24) is 26.4 Å². The standard InChI is InChI=1S/C21H27ClFN5O3/c1-12-5-24-18-14(6-25-28(18)7-12)19(30)27-21-9-20(10-21,11-21)26-17(29)8-31-13-2-3-15(22)16(23)4-13/h2-4,12,14,18,24-25H,5-11H2,1H3,(H,26,29)(H,27,30). The maximum Gasteiger partial charge on any atom is 0.258 e. The highest BCUT2D eigenvalue weighted by Crippen LogP contribution is 2.60. The Morgan fingerprint density at radius 3 is 2.74 bits per heavy atom. The third-order valence-electron chi connectivity index (χ3n) is 6.84. The normalized spacial score (nSPS) is 36.0. The van der Waals surface area contributed by atoms with E-state index in [4.69, 9.17) is 16.3 Å². The van der Waals surface area contributed by atoms with E-state index in [9.17, 15) is 14.0 Å². The molecule has 0 radical (unpaired) electrons. The van der Waals surface area contributed by atoms with Crippen LogP contribution in [0.4, 0.5) is 4.39 Å². The molecule has 0 aromatic heterocycles. The number of benzene rings is 1. The van der Waals surface area contributed by atoms with Crippen molar-refractivity contribution in [2.24, 2.45) is 11.8 Å². The van der Waals surface area contributed by atoms with Crippen molar-refractivity contribution >= 4 is 23.4 Å². The summed E-state index contributed by atoms with van der Waals surface area (Å²) in [6.45, 7) is 4.48. The van der Waals surface area contributed by atoms with Gasteiger partial charge < -0.3 is 15.4 Å². The van der Waals surface area contributed by atoms with Crippen molar-refractivity contribution < 1.29 is 18.7 Å². The van der Waals surface area contributed by atoms with Crippen LogP contribution >= 0.6 is 11.6 Å². The van der Waals surface area contributed by atoms with Gasteiger partial charge in [-0.1, -0.05) is 18.5 Å². The Bertz CT molecular complexity index is 895. The molecule has 4 N–H and O–H groups in total. The Kier molecular flexibility index (Phi) is 5.12. The third-order valence-corrected chi connectivity index (χ3v) is 7.14. The molecule has 3 aliphatic carbocycles. The number of amides is 2. The van der Waals surface area contributed by atoms with E-state index in [1.54, 1.807) is 0 Å². The maximum absolute atomic E-state index is 13.5. The molecular formula is C21H27ClFN5O3. The van der Waals surface area contributed by atoms with Crippen LogP contribution < -0.4 is 26.1 Å². The highest BCUT2D eigenvalue weighted by atomic mass is 35.5. The SMILES string of the molecule is CC1CNC2C(C(=O)NC34CC(NC(=O)COc5ccc(Cl)c(F)c5)(C3)C4)CNN2C1. The van der Waals surface area contributed by atoms with Gasteiger partial charge in [-0.15, -0.1) is 0 Å². The van der Waals surface area contributed by atoms with Crippen molar-refractivity contribution in [3.63, 3.8) is 0 Å². The van der Waals surface area contributed by atoms with Crippen LogP contribution in [0.25, 0.3) is 0 Å². The summed E-state index contributed by atoms with van der Waals surface area (Å²) in [4.78, 5) is 25.1. The molecule has 2 amide bonds. The van der Waals surface area contributed by atoms with Gasteiger partial charge in [-0.3, -0.25) is 20.3 Å². The first-order chi connectivity index (χ1) is 14.8. The molecule has 6 rings (SSSR count). The van der Waals surface area contributed by atoms with Gasteiger partial charge in [0.25, 0.3) is 5.91 Å².